The molecule has 0 spiro atoms. The molecule has 0 aliphatic carbocycles. The molecule has 1 saturated heterocycles. The summed E-state index contributed by atoms with van der Waals surface area (Å²) >= 11 is 0. The third-order valence-electron chi connectivity index (χ3n) is 4.39. The Labute approximate surface area is 147 Å². The molecular formula is C18H21N3O3S. The zero-order chi connectivity index (χ0) is 18.0. The molecule has 0 bridgehead atoms. The van der Waals surface area contributed by atoms with Gasteiger partial charge in [0, 0.05) is 24.6 Å². The van der Waals surface area contributed by atoms with E-state index >= 15 is 0 Å². The fourth-order valence-electron chi connectivity index (χ4n) is 3.09. The maximum atomic E-state index is 12.8. The van der Waals surface area contributed by atoms with Gasteiger partial charge in [0.1, 0.15) is 10.9 Å². The molecule has 1 aromatic carbocycles. The van der Waals surface area contributed by atoms with Crippen LogP contribution in [-0.4, -0.2) is 36.2 Å². The highest BCUT2D eigenvalue weighted by molar-refractivity contribution is 7.89. The highest BCUT2D eigenvalue weighted by atomic mass is 32.2. The zero-order valence-electron chi connectivity index (χ0n) is 14.3. The Bertz CT molecular complexity index is 882. The highest BCUT2D eigenvalue weighted by Crippen LogP contribution is 2.27. The Morgan fingerprint density at radius 3 is 2.76 bits per heavy atom. The number of hydrogen-bond acceptors (Lipinski definition) is 4. The molecular weight excluding hydrogens is 338 g/mol. The summed E-state index contributed by atoms with van der Waals surface area (Å²) < 4.78 is 26.9. The number of rotatable bonds is 4. The van der Waals surface area contributed by atoms with Crippen molar-refractivity contribution in [3.63, 3.8) is 0 Å². The number of pyridine rings is 1. The van der Waals surface area contributed by atoms with Crippen LogP contribution in [0.25, 0.3) is 0 Å². The number of sulfonamides is 1. The molecule has 1 fully saturated rings. The fraction of sp³-hybridized carbons (Fsp3) is 0.333. The molecule has 0 saturated carbocycles. The first-order valence-corrected chi connectivity index (χ1v) is 9.63. The van der Waals surface area contributed by atoms with Crippen LogP contribution in [0.4, 0.5) is 5.69 Å². The molecule has 6 nitrogen and oxygen atoms in total. The lowest BCUT2D eigenvalue weighted by molar-refractivity contribution is -0.119. The van der Waals surface area contributed by atoms with Crippen molar-refractivity contribution < 1.29 is 13.2 Å². The van der Waals surface area contributed by atoms with Gasteiger partial charge in [0.2, 0.25) is 15.9 Å². The normalized spacial score (nSPS) is 18.2. The van der Waals surface area contributed by atoms with Crippen molar-refractivity contribution in [2.45, 2.75) is 37.6 Å². The van der Waals surface area contributed by atoms with Crippen LogP contribution in [0.3, 0.4) is 0 Å². The molecule has 1 N–H and O–H groups in total. The topological polar surface area (TPSA) is 79.4 Å². The highest BCUT2D eigenvalue weighted by Gasteiger charge is 2.39. The molecule has 25 heavy (non-hydrogen) atoms. The fourth-order valence-corrected chi connectivity index (χ4v) is 4.72. The van der Waals surface area contributed by atoms with Crippen molar-refractivity contribution in [2.75, 3.05) is 11.9 Å². The Morgan fingerprint density at radius 1 is 1.28 bits per heavy atom. The molecule has 3 rings (SSSR count). The van der Waals surface area contributed by atoms with Gasteiger partial charge in [-0.2, -0.15) is 4.31 Å². The molecule has 2 heterocycles. The predicted octanol–water partition coefficient (Wildman–Crippen LogP) is 2.49. The summed E-state index contributed by atoms with van der Waals surface area (Å²) in [5.74, 6) is -0.295. The van der Waals surface area contributed by atoms with Crippen molar-refractivity contribution in [2.24, 2.45) is 0 Å². The molecule has 1 aromatic heterocycles. The van der Waals surface area contributed by atoms with Crippen LogP contribution in [-0.2, 0) is 14.8 Å². The standard InChI is InChI=1S/C18H21N3O3S/c1-13-7-8-16(14(2)11-13)20-18(22)17-6-4-10-21(17)25(23,24)15-5-3-9-19-12-15/h3,5,7-9,11-12,17H,4,6,10H2,1-2H3,(H,20,22). The first-order chi connectivity index (χ1) is 11.9. The number of nitrogens with zero attached hydrogens (tertiary/aromatic N) is 2. The maximum Gasteiger partial charge on any atom is 0.245 e. The molecule has 7 heteroatoms. The van der Waals surface area contributed by atoms with E-state index in [0.717, 1.165) is 11.1 Å². The minimum absolute atomic E-state index is 0.112. The van der Waals surface area contributed by atoms with Gasteiger partial charge in [-0.3, -0.25) is 9.78 Å². The Balaban J connectivity index is 1.83. The van der Waals surface area contributed by atoms with Gasteiger partial charge in [-0.05, 0) is 50.5 Å². The first-order valence-electron chi connectivity index (χ1n) is 8.19. The molecule has 1 atom stereocenters. The van der Waals surface area contributed by atoms with E-state index in [-0.39, 0.29) is 10.8 Å². The van der Waals surface area contributed by atoms with Crippen LogP contribution < -0.4 is 5.32 Å². The third kappa shape index (κ3) is 3.57. The van der Waals surface area contributed by atoms with E-state index in [4.69, 9.17) is 0 Å². The summed E-state index contributed by atoms with van der Waals surface area (Å²) in [7, 11) is -3.73. The van der Waals surface area contributed by atoms with Gasteiger partial charge >= 0.3 is 0 Å². The van der Waals surface area contributed by atoms with E-state index in [2.05, 4.69) is 10.3 Å². The maximum absolute atomic E-state index is 12.8. The number of carbonyl (C=O) groups is 1. The lowest BCUT2D eigenvalue weighted by Crippen LogP contribution is -2.43. The van der Waals surface area contributed by atoms with Crippen LogP contribution in [0.2, 0.25) is 0 Å². The van der Waals surface area contributed by atoms with Crippen LogP contribution in [0, 0.1) is 13.8 Å². The van der Waals surface area contributed by atoms with E-state index in [0.29, 0.717) is 25.1 Å². The number of aryl methyl sites for hydroxylation is 2. The zero-order valence-corrected chi connectivity index (χ0v) is 15.1. The lowest BCUT2D eigenvalue weighted by Gasteiger charge is -2.23. The van der Waals surface area contributed by atoms with Gasteiger partial charge in [-0.25, -0.2) is 8.42 Å². The summed E-state index contributed by atoms with van der Waals surface area (Å²) in [6, 6.07) is 8.12. The number of benzene rings is 1. The van der Waals surface area contributed by atoms with Gasteiger partial charge in [0.25, 0.3) is 0 Å². The van der Waals surface area contributed by atoms with Crippen molar-refractivity contribution in [1.82, 2.24) is 9.29 Å². The largest absolute Gasteiger partial charge is 0.324 e. The molecule has 2 aromatic rings. The molecule has 0 radical (unpaired) electrons. The van der Waals surface area contributed by atoms with Crippen molar-refractivity contribution >= 4 is 21.6 Å². The van der Waals surface area contributed by atoms with E-state index in [9.17, 15) is 13.2 Å². The SMILES string of the molecule is Cc1ccc(NC(=O)C2CCCN2S(=O)(=O)c2cccnc2)c(C)c1. The minimum Gasteiger partial charge on any atom is -0.324 e. The van der Waals surface area contributed by atoms with Gasteiger partial charge < -0.3 is 5.32 Å². The Kier molecular flexibility index (Phi) is 4.87. The second kappa shape index (κ2) is 6.93. The van der Waals surface area contributed by atoms with E-state index in [1.54, 1.807) is 6.07 Å². The van der Waals surface area contributed by atoms with Crippen LogP contribution in [0.1, 0.15) is 24.0 Å². The lowest BCUT2D eigenvalue weighted by atomic mass is 10.1. The summed E-state index contributed by atoms with van der Waals surface area (Å²) in [4.78, 5) is 16.7. The van der Waals surface area contributed by atoms with E-state index < -0.39 is 16.1 Å². The molecule has 1 unspecified atom stereocenters. The summed E-state index contributed by atoms with van der Waals surface area (Å²) in [5, 5.41) is 2.87. The number of nitrogens with one attached hydrogen (secondary N) is 1. The van der Waals surface area contributed by atoms with Crippen LogP contribution >= 0.6 is 0 Å². The summed E-state index contributed by atoms with van der Waals surface area (Å²) in [5.41, 5.74) is 2.77. The Morgan fingerprint density at radius 2 is 2.08 bits per heavy atom. The van der Waals surface area contributed by atoms with Gasteiger partial charge in [0.05, 0.1) is 0 Å². The quantitative estimate of drug-likeness (QED) is 0.910. The Hall–Kier alpha value is -2.25. The molecule has 1 amide bonds. The monoisotopic (exact) mass is 359 g/mol. The van der Waals surface area contributed by atoms with Crippen molar-refractivity contribution in [1.29, 1.82) is 0 Å². The van der Waals surface area contributed by atoms with Crippen LogP contribution in [0.5, 0.6) is 0 Å². The molecule has 132 valence electrons. The van der Waals surface area contributed by atoms with Crippen molar-refractivity contribution in [3.05, 3.63) is 53.9 Å². The van der Waals surface area contributed by atoms with E-state index in [1.807, 2.05) is 32.0 Å². The van der Waals surface area contributed by atoms with Gasteiger partial charge in [-0.1, -0.05) is 17.7 Å². The minimum atomic E-state index is -3.73. The molecule has 1 aliphatic rings. The third-order valence-corrected chi connectivity index (χ3v) is 6.28. The summed E-state index contributed by atoms with van der Waals surface area (Å²) in [6.45, 7) is 4.24. The number of anilines is 1. The average Bonchev–Trinajstić information content (AvgIpc) is 3.09. The van der Waals surface area contributed by atoms with Gasteiger partial charge in [0.15, 0.2) is 0 Å². The van der Waals surface area contributed by atoms with E-state index in [1.165, 1.54) is 22.8 Å². The number of hydrogen-bond donors (Lipinski definition) is 1. The number of amides is 1. The second-order valence-electron chi connectivity index (χ2n) is 6.27. The second-order valence-corrected chi connectivity index (χ2v) is 8.16. The smallest absolute Gasteiger partial charge is 0.245 e. The van der Waals surface area contributed by atoms with Crippen molar-refractivity contribution in [3.8, 4) is 0 Å². The predicted molar refractivity (Wildman–Crippen MR) is 95.7 cm³/mol. The first kappa shape index (κ1) is 17.6. The average molecular weight is 359 g/mol. The van der Waals surface area contributed by atoms with Crippen LogP contribution in [0.15, 0.2) is 47.6 Å². The van der Waals surface area contributed by atoms with Gasteiger partial charge in [-0.15, -0.1) is 0 Å². The summed E-state index contributed by atoms with van der Waals surface area (Å²) in [6.07, 6.45) is 4.00. The number of aromatic nitrogens is 1. The number of carbonyl (C=O) groups excluding carboxylic acids is 1. The molecule has 1 aliphatic heterocycles.